The van der Waals surface area contributed by atoms with Crippen molar-refractivity contribution in [1.82, 2.24) is 24.5 Å². The first-order valence-corrected chi connectivity index (χ1v) is 19.5. The molecule has 3 saturated carbocycles. The molecule has 5 heterocycles. The lowest BCUT2D eigenvalue weighted by atomic mass is 9.86. The highest BCUT2D eigenvalue weighted by Gasteiger charge is 2.85. The molecule has 2 unspecified atom stereocenters. The first kappa shape index (κ1) is 31.5. The molecule has 2 atom stereocenters. The van der Waals surface area contributed by atoms with E-state index in [1.807, 2.05) is 30.5 Å². The molecule has 2 N–H and O–H groups in total. The lowest BCUT2D eigenvalue weighted by molar-refractivity contribution is 0.0981. The van der Waals surface area contributed by atoms with Gasteiger partial charge < -0.3 is 15.0 Å². The van der Waals surface area contributed by atoms with E-state index in [0.717, 1.165) is 38.0 Å². The molecule has 12 heteroatoms. The zero-order chi connectivity index (χ0) is 34.1. The van der Waals surface area contributed by atoms with Crippen LogP contribution in [0.15, 0.2) is 78.0 Å². The molecule has 3 aromatic heterocycles. The molecule has 1 saturated heterocycles. The van der Waals surface area contributed by atoms with Crippen LogP contribution in [0.25, 0.3) is 5.82 Å². The first-order chi connectivity index (χ1) is 24.2. The largest absolute Gasteiger partial charge is 0.477 e. The fourth-order valence-electron chi connectivity index (χ4n) is 9.61. The summed E-state index contributed by atoms with van der Waals surface area (Å²) in [6.07, 6.45) is 11.9. The van der Waals surface area contributed by atoms with Gasteiger partial charge in [-0.05, 0) is 117 Å². The van der Waals surface area contributed by atoms with Crippen LogP contribution in [0.4, 0.5) is 11.6 Å². The van der Waals surface area contributed by atoms with E-state index in [-0.39, 0.29) is 16.1 Å². The summed E-state index contributed by atoms with van der Waals surface area (Å²) in [5, 5.41) is 7.75. The van der Waals surface area contributed by atoms with Crippen molar-refractivity contribution in [1.29, 1.82) is 0 Å². The summed E-state index contributed by atoms with van der Waals surface area (Å²) >= 11 is 0. The number of fused-ring (bicyclic) bond motifs is 7. The summed E-state index contributed by atoms with van der Waals surface area (Å²) in [7, 11) is -4.27. The van der Waals surface area contributed by atoms with Crippen LogP contribution in [0, 0.1) is 22.7 Å². The van der Waals surface area contributed by atoms with Gasteiger partial charge in [-0.3, -0.25) is 4.79 Å². The Kier molecular flexibility index (Phi) is 7.28. The maximum atomic E-state index is 14.0. The molecular weight excluding hydrogens is 651 g/mol. The van der Waals surface area contributed by atoms with E-state index in [1.54, 1.807) is 28.9 Å². The zero-order valence-corrected chi connectivity index (χ0v) is 29.2. The fraction of sp³-hybridized carbons (Fsp3) is 0.474. The Morgan fingerprint density at radius 1 is 0.960 bits per heavy atom. The molecule has 0 radical (unpaired) electrons. The van der Waals surface area contributed by atoms with Crippen molar-refractivity contribution >= 4 is 27.6 Å². The predicted molar refractivity (Wildman–Crippen MR) is 189 cm³/mol. The van der Waals surface area contributed by atoms with E-state index < -0.39 is 15.9 Å². The van der Waals surface area contributed by atoms with Gasteiger partial charge in [-0.25, -0.2) is 19.4 Å². The number of pyridine rings is 2. The van der Waals surface area contributed by atoms with Gasteiger partial charge in [0.15, 0.2) is 10.8 Å². The number of carbonyl (C=O) groups is 1. The third kappa shape index (κ3) is 5.43. The molecule has 4 fully saturated rings. The van der Waals surface area contributed by atoms with Gasteiger partial charge in [0.2, 0.25) is 5.88 Å². The third-order valence-corrected chi connectivity index (χ3v) is 13.4. The van der Waals surface area contributed by atoms with Crippen molar-refractivity contribution in [2.24, 2.45) is 22.7 Å². The van der Waals surface area contributed by atoms with Gasteiger partial charge in [0, 0.05) is 30.9 Å². The topological polar surface area (TPSA) is 131 Å². The minimum absolute atomic E-state index is 0.178. The zero-order valence-electron chi connectivity index (χ0n) is 28.3. The molecule has 5 aliphatic rings. The fourth-order valence-corrected chi connectivity index (χ4v) is 10.5. The van der Waals surface area contributed by atoms with E-state index in [2.05, 4.69) is 39.0 Å². The molecule has 50 heavy (non-hydrogen) atoms. The number of aromatic nitrogens is 4. The molecular formula is C38H43N7O4S. The molecule has 2 aliphatic heterocycles. The number of nitrogens with one attached hydrogen (secondary N) is 2. The smallest absolute Gasteiger partial charge is 0.281 e. The van der Waals surface area contributed by atoms with E-state index in [9.17, 15) is 13.2 Å². The maximum Gasteiger partial charge on any atom is 0.281 e. The van der Waals surface area contributed by atoms with Crippen LogP contribution in [-0.2, 0) is 16.4 Å². The Balaban J connectivity index is 1.05. The molecule has 11 nitrogen and oxygen atoms in total. The minimum atomic E-state index is -4.27. The van der Waals surface area contributed by atoms with Crippen LogP contribution in [0.5, 0.6) is 5.88 Å². The highest BCUT2D eigenvalue weighted by molar-refractivity contribution is 7.90. The number of carbonyl (C=O) groups excluding carboxylic acids is 1. The molecule has 2 spiro atoms. The molecule has 1 aromatic carbocycles. The summed E-state index contributed by atoms with van der Waals surface area (Å²) < 4.78 is 37.0. The number of amides is 1. The normalized spacial score (nSPS) is 25.6. The Bertz CT molecular complexity index is 2040. The van der Waals surface area contributed by atoms with E-state index in [1.165, 1.54) is 37.3 Å². The summed E-state index contributed by atoms with van der Waals surface area (Å²) in [5.41, 5.74) is 2.28. The van der Waals surface area contributed by atoms with Crippen molar-refractivity contribution in [2.75, 3.05) is 29.9 Å². The van der Waals surface area contributed by atoms with Crippen LogP contribution < -0.4 is 19.7 Å². The Hall–Kier alpha value is -4.45. The first-order valence-electron chi connectivity index (χ1n) is 18.0. The second kappa shape index (κ2) is 11.5. The van der Waals surface area contributed by atoms with Crippen LogP contribution in [-0.4, -0.2) is 59.3 Å². The van der Waals surface area contributed by atoms with Gasteiger partial charge in [0.25, 0.3) is 15.9 Å². The number of benzene rings is 1. The number of sulfonamides is 1. The Morgan fingerprint density at radius 2 is 1.76 bits per heavy atom. The van der Waals surface area contributed by atoms with E-state index in [0.29, 0.717) is 59.8 Å². The Labute approximate surface area is 292 Å². The number of ether oxygens (including phenoxy) is 1. The maximum absolute atomic E-state index is 14.0. The summed E-state index contributed by atoms with van der Waals surface area (Å²) in [6.45, 7) is 4.20. The van der Waals surface area contributed by atoms with Gasteiger partial charge in [-0.15, -0.1) is 5.10 Å². The van der Waals surface area contributed by atoms with Gasteiger partial charge in [-0.2, -0.15) is 8.42 Å². The molecule has 9 rings (SSSR count). The third-order valence-electron chi connectivity index (χ3n) is 12.2. The molecule has 3 aliphatic carbocycles. The minimum Gasteiger partial charge on any atom is -0.477 e. The van der Waals surface area contributed by atoms with Crippen molar-refractivity contribution < 1.29 is 17.9 Å². The van der Waals surface area contributed by atoms with Crippen molar-refractivity contribution in [3.8, 4) is 11.7 Å². The average Bonchev–Trinajstić information content (AvgIpc) is 4.06. The van der Waals surface area contributed by atoms with Crippen LogP contribution >= 0.6 is 0 Å². The molecule has 260 valence electrons. The van der Waals surface area contributed by atoms with Gasteiger partial charge >= 0.3 is 0 Å². The molecule has 1 amide bonds. The lowest BCUT2D eigenvalue weighted by Crippen LogP contribution is -2.45. The summed E-state index contributed by atoms with van der Waals surface area (Å²) in [5.74, 6) is 2.34. The van der Waals surface area contributed by atoms with Crippen molar-refractivity contribution in [3.05, 3.63) is 84.1 Å². The van der Waals surface area contributed by atoms with Crippen molar-refractivity contribution in [3.63, 3.8) is 0 Å². The quantitative estimate of drug-likeness (QED) is 0.248. The summed E-state index contributed by atoms with van der Waals surface area (Å²) in [4.78, 5) is 25.6. The van der Waals surface area contributed by atoms with Gasteiger partial charge in [0.1, 0.15) is 11.6 Å². The summed E-state index contributed by atoms with van der Waals surface area (Å²) in [6, 6.07) is 20.3. The second-order valence-corrected chi connectivity index (χ2v) is 17.0. The molecule has 4 aromatic rings. The van der Waals surface area contributed by atoms with Gasteiger partial charge in [-0.1, -0.05) is 36.4 Å². The number of hydrogen-bond acceptors (Lipinski definition) is 9. The monoisotopic (exact) mass is 693 g/mol. The second-order valence-electron chi connectivity index (χ2n) is 15.3. The number of rotatable bonds is 7. The lowest BCUT2D eigenvalue weighted by Gasteiger charge is -2.37. The standard InChI is InChI=1S/C38H43N7O4S/c1-36(23-26-7-3-2-4-8-26)24-27-9-6-20-39-30-10-5-11-33(40-30)50(47,48)43-35(46)28-12-13-31(41-34(28)44(36)25-27)45-21-14-32(42-45)49-22-15-29-37(16-17-37)38(29)18-19-38/h2-5,7-8,10-14,21,27,29H,6,9,15-20,22-25H2,1H3,(H,39,40)(H,43,46). The number of anilines is 2. The Morgan fingerprint density at radius 3 is 2.54 bits per heavy atom. The SMILES string of the molecule is CC1(Cc2ccccc2)CC2CCCNc3cccc(n3)S(=O)(=O)NC(=O)c3ccc(-n4ccc(OCCC5C6(CC6)C56CC6)n4)nc3N1C2. The average molecular weight is 694 g/mol. The van der Waals surface area contributed by atoms with E-state index >= 15 is 0 Å². The van der Waals surface area contributed by atoms with Crippen LogP contribution in [0.3, 0.4) is 0 Å². The van der Waals surface area contributed by atoms with Crippen LogP contribution in [0.1, 0.15) is 74.2 Å². The number of hydrogen-bond donors (Lipinski definition) is 2. The van der Waals surface area contributed by atoms with Gasteiger partial charge in [0.05, 0.1) is 12.2 Å². The molecule has 4 bridgehead atoms. The van der Waals surface area contributed by atoms with Crippen molar-refractivity contribution in [2.45, 2.75) is 75.3 Å². The van der Waals surface area contributed by atoms with Crippen LogP contribution in [0.2, 0.25) is 0 Å². The highest BCUT2D eigenvalue weighted by Crippen LogP contribution is 2.93. The number of nitrogens with zero attached hydrogens (tertiary/aromatic N) is 5. The predicted octanol–water partition coefficient (Wildman–Crippen LogP) is 5.77. The highest BCUT2D eigenvalue weighted by atomic mass is 32.2. The van der Waals surface area contributed by atoms with E-state index in [4.69, 9.17) is 14.8 Å².